The number of carbonyl (C=O) groups excluding carboxylic acids is 1. The second-order valence-corrected chi connectivity index (χ2v) is 5.34. The third kappa shape index (κ3) is 5.38. The van der Waals surface area contributed by atoms with Crippen LogP contribution in [0.15, 0.2) is 18.2 Å². The van der Waals surface area contributed by atoms with Crippen LogP contribution in [0.25, 0.3) is 0 Å². The van der Waals surface area contributed by atoms with E-state index < -0.39 is 12.8 Å². The summed E-state index contributed by atoms with van der Waals surface area (Å²) in [6.45, 7) is 2.75. The standard InChI is InChI=1S/C15H19F3N2O3/c1-2-20(8-11-6-7-22-9-11)14(21)12-4-3-5-13(19-12)23-10-15(16,17)18/h3-5,11H,2,6-10H2,1H3/t11-/m1/s1. The third-order valence-electron chi connectivity index (χ3n) is 3.50. The van der Waals surface area contributed by atoms with Gasteiger partial charge in [-0.2, -0.15) is 13.2 Å². The quantitative estimate of drug-likeness (QED) is 0.803. The number of rotatable bonds is 6. The van der Waals surface area contributed by atoms with Crippen LogP contribution in [0.3, 0.4) is 0 Å². The van der Waals surface area contributed by atoms with Crippen molar-refractivity contribution in [2.75, 3.05) is 32.9 Å². The zero-order chi connectivity index (χ0) is 16.9. The number of aromatic nitrogens is 1. The Morgan fingerprint density at radius 3 is 2.87 bits per heavy atom. The Kier molecular flexibility index (Phi) is 5.81. The number of hydrogen-bond donors (Lipinski definition) is 0. The van der Waals surface area contributed by atoms with E-state index in [0.29, 0.717) is 26.3 Å². The molecule has 0 radical (unpaired) electrons. The van der Waals surface area contributed by atoms with Crippen molar-refractivity contribution in [3.05, 3.63) is 23.9 Å². The van der Waals surface area contributed by atoms with Gasteiger partial charge in [-0.15, -0.1) is 0 Å². The van der Waals surface area contributed by atoms with E-state index >= 15 is 0 Å². The largest absolute Gasteiger partial charge is 0.468 e. The summed E-state index contributed by atoms with van der Waals surface area (Å²) >= 11 is 0. The van der Waals surface area contributed by atoms with Gasteiger partial charge in [0.05, 0.1) is 6.61 Å². The minimum Gasteiger partial charge on any atom is -0.468 e. The first-order valence-corrected chi connectivity index (χ1v) is 7.42. The molecule has 0 unspecified atom stereocenters. The highest BCUT2D eigenvalue weighted by atomic mass is 19.4. The highest BCUT2D eigenvalue weighted by Gasteiger charge is 2.29. The van der Waals surface area contributed by atoms with E-state index in [-0.39, 0.29) is 23.4 Å². The van der Waals surface area contributed by atoms with E-state index in [1.54, 1.807) is 4.90 Å². The van der Waals surface area contributed by atoms with Gasteiger partial charge in [-0.25, -0.2) is 4.98 Å². The summed E-state index contributed by atoms with van der Waals surface area (Å²) < 4.78 is 46.4. The molecule has 1 aliphatic rings. The van der Waals surface area contributed by atoms with Crippen LogP contribution in [-0.2, 0) is 4.74 Å². The van der Waals surface area contributed by atoms with Crippen LogP contribution in [-0.4, -0.2) is 54.9 Å². The molecule has 1 saturated heterocycles. The molecular formula is C15H19F3N2O3. The fourth-order valence-corrected chi connectivity index (χ4v) is 2.33. The molecule has 2 heterocycles. The van der Waals surface area contributed by atoms with Crippen molar-refractivity contribution in [2.45, 2.75) is 19.5 Å². The average Bonchev–Trinajstić information content (AvgIpc) is 3.02. The lowest BCUT2D eigenvalue weighted by Gasteiger charge is -2.23. The Morgan fingerprint density at radius 2 is 2.26 bits per heavy atom. The van der Waals surface area contributed by atoms with Crippen molar-refractivity contribution in [3.8, 4) is 5.88 Å². The van der Waals surface area contributed by atoms with Gasteiger partial charge in [0.2, 0.25) is 5.88 Å². The molecule has 1 aromatic rings. The molecule has 1 amide bonds. The third-order valence-corrected chi connectivity index (χ3v) is 3.50. The fraction of sp³-hybridized carbons (Fsp3) is 0.600. The number of alkyl halides is 3. The summed E-state index contributed by atoms with van der Waals surface area (Å²) in [5.41, 5.74) is 0.0745. The SMILES string of the molecule is CCN(C[C@H]1CCOC1)C(=O)c1cccc(OCC(F)(F)F)n1. The van der Waals surface area contributed by atoms with Gasteiger partial charge in [-0.1, -0.05) is 6.07 Å². The Morgan fingerprint density at radius 1 is 1.48 bits per heavy atom. The lowest BCUT2D eigenvalue weighted by atomic mass is 10.1. The smallest absolute Gasteiger partial charge is 0.422 e. The molecule has 1 atom stereocenters. The zero-order valence-electron chi connectivity index (χ0n) is 12.8. The molecule has 0 spiro atoms. The molecule has 1 aromatic heterocycles. The van der Waals surface area contributed by atoms with Crippen molar-refractivity contribution < 1.29 is 27.4 Å². The molecule has 5 nitrogen and oxygen atoms in total. The number of hydrogen-bond acceptors (Lipinski definition) is 4. The average molecular weight is 332 g/mol. The molecule has 0 saturated carbocycles. The van der Waals surface area contributed by atoms with Gasteiger partial charge in [-0.05, 0) is 19.4 Å². The van der Waals surface area contributed by atoms with Gasteiger partial charge in [-0.3, -0.25) is 4.79 Å². The number of carbonyl (C=O) groups is 1. The summed E-state index contributed by atoms with van der Waals surface area (Å²) in [5.74, 6) is -0.256. The van der Waals surface area contributed by atoms with Gasteiger partial charge in [0.1, 0.15) is 5.69 Å². The Bertz CT molecular complexity index is 531. The van der Waals surface area contributed by atoms with E-state index in [1.165, 1.54) is 18.2 Å². The molecule has 0 N–H and O–H groups in total. The molecule has 0 aliphatic carbocycles. The number of ether oxygens (including phenoxy) is 2. The summed E-state index contributed by atoms with van der Waals surface area (Å²) in [5, 5.41) is 0. The number of amides is 1. The number of nitrogens with zero attached hydrogens (tertiary/aromatic N) is 2. The Labute approximate surface area is 132 Å². The second-order valence-electron chi connectivity index (χ2n) is 5.34. The Balaban J connectivity index is 2.02. The van der Waals surface area contributed by atoms with E-state index in [9.17, 15) is 18.0 Å². The second kappa shape index (κ2) is 7.63. The summed E-state index contributed by atoms with van der Waals surface area (Å²) in [6, 6.07) is 4.22. The highest BCUT2D eigenvalue weighted by molar-refractivity contribution is 5.92. The maximum absolute atomic E-state index is 12.5. The fourth-order valence-electron chi connectivity index (χ4n) is 2.33. The highest BCUT2D eigenvalue weighted by Crippen LogP contribution is 2.18. The molecular weight excluding hydrogens is 313 g/mol. The minimum atomic E-state index is -4.44. The predicted octanol–water partition coefficient (Wildman–Crippen LogP) is 2.52. The van der Waals surface area contributed by atoms with Crippen molar-refractivity contribution in [1.82, 2.24) is 9.88 Å². The lowest BCUT2D eigenvalue weighted by Crippen LogP contribution is -2.36. The summed E-state index contributed by atoms with van der Waals surface area (Å²) in [6.07, 6.45) is -3.55. The molecule has 8 heteroatoms. The molecule has 128 valence electrons. The van der Waals surface area contributed by atoms with Crippen LogP contribution < -0.4 is 4.74 Å². The van der Waals surface area contributed by atoms with Crippen molar-refractivity contribution in [2.24, 2.45) is 5.92 Å². The van der Waals surface area contributed by atoms with E-state index in [1.807, 2.05) is 6.92 Å². The van der Waals surface area contributed by atoms with Gasteiger partial charge in [0.25, 0.3) is 5.91 Å². The van der Waals surface area contributed by atoms with E-state index in [0.717, 1.165) is 6.42 Å². The first-order chi connectivity index (χ1) is 10.9. The van der Waals surface area contributed by atoms with Crippen LogP contribution in [0.5, 0.6) is 5.88 Å². The predicted molar refractivity (Wildman–Crippen MR) is 76.3 cm³/mol. The molecule has 23 heavy (non-hydrogen) atoms. The zero-order valence-corrected chi connectivity index (χ0v) is 12.8. The number of pyridine rings is 1. The van der Waals surface area contributed by atoms with Gasteiger partial charge >= 0.3 is 6.18 Å². The monoisotopic (exact) mass is 332 g/mol. The van der Waals surface area contributed by atoms with Crippen LogP contribution in [0.4, 0.5) is 13.2 Å². The van der Waals surface area contributed by atoms with E-state index in [2.05, 4.69) is 9.72 Å². The van der Waals surface area contributed by atoms with Crippen LogP contribution >= 0.6 is 0 Å². The van der Waals surface area contributed by atoms with Crippen molar-refractivity contribution in [3.63, 3.8) is 0 Å². The first kappa shape index (κ1) is 17.5. The molecule has 2 rings (SSSR count). The molecule has 0 bridgehead atoms. The molecule has 0 aromatic carbocycles. The van der Waals surface area contributed by atoms with Crippen molar-refractivity contribution in [1.29, 1.82) is 0 Å². The minimum absolute atomic E-state index is 0.0745. The van der Waals surface area contributed by atoms with Crippen LogP contribution in [0, 0.1) is 5.92 Å². The number of halogens is 3. The maximum Gasteiger partial charge on any atom is 0.422 e. The van der Waals surface area contributed by atoms with Gasteiger partial charge in [0.15, 0.2) is 6.61 Å². The van der Waals surface area contributed by atoms with Gasteiger partial charge in [0, 0.05) is 31.7 Å². The summed E-state index contributed by atoms with van der Waals surface area (Å²) in [4.78, 5) is 18.0. The van der Waals surface area contributed by atoms with Crippen molar-refractivity contribution >= 4 is 5.91 Å². The summed E-state index contributed by atoms with van der Waals surface area (Å²) in [7, 11) is 0. The maximum atomic E-state index is 12.5. The van der Waals surface area contributed by atoms with Gasteiger partial charge < -0.3 is 14.4 Å². The van der Waals surface area contributed by atoms with E-state index in [4.69, 9.17) is 4.74 Å². The Hall–Kier alpha value is -1.83. The normalized spacial score (nSPS) is 18.0. The first-order valence-electron chi connectivity index (χ1n) is 7.42. The topological polar surface area (TPSA) is 51.7 Å². The van der Waals surface area contributed by atoms with Crippen LogP contribution in [0.2, 0.25) is 0 Å². The lowest BCUT2D eigenvalue weighted by molar-refractivity contribution is -0.154. The molecule has 1 fully saturated rings. The van der Waals surface area contributed by atoms with Crippen LogP contribution in [0.1, 0.15) is 23.8 Å². The molecule has 1 aliphatic heterocycles.